The van der Waals surface area contributed by atoms with Gasteiger partial charge < -0.3 is 21.1 Å². The molecular formula is C11H19N3O4. The molecule has 1 unspecified atom stereocenters. The predicted molar refractivity (Wildman–Crippen MR) is 65.8 cm³/mol. The Bertz CT molecular complexity index is 341. The Kier molecular flexibility index (Phi) is 6.48. The molecule has 7 nitrogen and oxygen atoms in total. The van der Waals surface area contributed by atoms with Crippen LogP contribution < -0.4 is 11.1 Å². The molecule has 1 atom stereocenters. The van der Waals surface area contributed by atoms with Gasteiger partial charge in [0.1, 0.15) is 6.04 Å². The van der Waals surface area contributed by atoms with Gasteiger partial charge in [-0.05, 0) is 13.8 Å². The number of amides is 3. The number of nitrogens with one attached hydrogen (secondary N) is 1. The van der Waals surface area contributed by atoms with Crippen LogP contribution in [0.25, 0.3) is 0 Å². The van der Waals surface area contributed by atoms with E-state index in [2.05, 4.69) is 11.9 Å². The summed E-state index contributed by atoms with van der Waals surface area (Å²) >= 11 is 0. The Balaban J connectivity index is 4.70. The standard InChI is InChI=1S/C11H19N3O4/c1-4-5-14(7(2)3)11(18)13-8(10(16)17)6-9(12)15/h4,7-8H,1,5-6H2,2-3H3,(H2,12,15)(H,13,18)(H,16,17). The number of carbonyl (C=O) groups excluding carboxylic acids is 2. The van der Waals surface area contributed by atoms with Crippen LogP contribution in [0.5, 0.6) is 0 Å². The van der Waals surface area contributed by atoms with Gasteiger partial charge in [-0.25, -0.2) is 9.59 Å². The van der Waals surface area contributed by atoms with Crippen LogP contribution >= 0.6 is 0 Å². The van der Waals surface area contributed by atoms with Crippen molar-refractivity contribution < 1.29 is 19.5 Å². The molecule has 0 radical (unpaired) electrons. The van der Waals surface area contributed by atoms with Crippen LogP contribution in [0.2, 0.25) is 0 Å². The minimum atomic E-state index is -1.32. The van der Waals surface area contributed by atoms with Gasteiger partial charge in [0.25, 0.3) is 0 Å². The van der Waals surface area contributed by atoms with Crippen LogP contribution in [-0.4, -0.2) is 46.5 Å². The normalized spacial score (nSPS) is 11.7. The summed E-state index contributed by atoms with van der Waals surface area (Å²) in [5.41, 5.74) is 4.92. The number of aliphatic carboxylic acids is 1. The zero-order valence-electron chi connectivity index (χ0n) is 10.5. The van der Waals surface area contributed by atoms with E-state index in [1.165, 1.54) is 11.0 Å². The number of urea groups is 1. The van der Waals surface area contributed by atoms with E-state index >= 15 is 0 Å². The average Bonchev–Trinajstić information content (AvgIpc) is 2.23. The summed E-state index contributed by atoms with van der Waals surface area (Å²) in [4.78, 5) is 34.8. The lowest BCUT2D eigenvalue weighted by Crippen LogP contribution is -2.51. The van der Waals surface area contributed by atoms with Crippen molar-refractivity contribution in [3.05, 3.63) is 12.7 Å². The lowest BCUT2D eigenvalue weighted by atomic mass is 10.2. The number of carboxylic acid groups (broad SMARTS) is 1. The molecule has 0 aromatic carbocycles. The summed E-state index contributed by atoms with van der Waals surface area (Å²) in [6.45, 7) is 7.37. The summed E-state index contributed by atoms with van der Waals surface area (Å²) in [5.74, 6) is -2.09. The molecule has 0 saturated heterocycles. The second kappa shape index (κ2) is 7.31. The van der Waals surface area contributed by atoms with Crippen molar-refractivity contribution in [3.63, 3.8) is 0 Å². The zero-order valence-corrected chi connectivity index (χ0v) is 10.5. The number of hydrogen-bond donors (Lipinski definition) is 3. The van der Waals surface area contributed by atoms with E-state index in [9.17, 15) is 14.4 Å². The first kappa shape index (κ1) is 16.0. The first-order chi connectivity index (χ1) is 8.29. The van der Waals surface area contributed by atoms with Crippen molar-refractivity contribution in [2.45, 2.75) is 32.4 Å². The Labute approximate surface area is 106 Å². The molecule has 3 amide bonds. The maximum Gasteiger partial charge on any atom is 0.326 e. The van der Waals surface area contributed by atoms with E-state index in [1.807, 2.05) is 0 Å². The van der Waals surface area contributed by atoms with E-state index < -0.39 is 30.4 Å². The summed E-state index contributed by atoms with van der Waals surface area (Å²) in [6, 6.07) is -2.01. The number of carbonyl (C=O) groups is 3. The van der Waals surface area contributed by atoms with Gasteiger partial charge in [0.05, 0.1) is 6.42 Å². The van der Waals surface area contributed by atoms with Crippen LogP contribution in [0.3, 0.4) is 0 Å². The fourth-order valence-corrected chi connectivity index (χ4v) is 1.30. The second-order valence-electron chi connectivity index (χ2n) is 4.05. The summed E-state index contributed by atoms with van der Waals surface area (Å²) < 4.78 is 0. The molecular weight excluding hydrogens is 238 g/mol. The molecule has 0 aliphatic carbocycles. The molecule has 0 aromatic heterocycles. The second-order valence-corrected chi connectivity index (χ2v) is 4.05. The number of rotatable bonds is 7. The van der Waals surface area contributed by atoms with Crippen LogP contribution in [0.15, 0.2) is 12.7 Å². The van der Waals surface area contributed by atoms with E-state index in [0.29, 0.717) is 0 Å². The van der Waals surface area contributed by atoms with Gasteiger partial charge in [-0.2, -0.15) is 0 Å². The molecule has 7 heteroatoms. The molecule has 0 saturated carbocycles. The molecule has 18 heavy (non-hydrogen) atoms. The molecule has 0 heterocycles. The molecule has 0 aliphatic heterocycles. The highest BCUT2D eigenvalue weighted by atomic mass is 16.4. The van der Waals surface area contributed by atoms with Gasteiger partial charge in [-0.3, -0.25) is 4.79 Å². The number of nitrogens with zero attached hydrogens (tertiary/aromatic N) is 1. The molecule has 0 fully saturated rings. The summed E-state index contributed by atoms with van der Waals surface area (Å²) in [5, 5.41) is 11.1. The fraction of sp³-hybridized carbons (Fsp3) is 0.545. The van der Waals surface area contributed by atoms with Crippen molar-refractivity contribution >= 4 is 17.9 Å². The molecule has 4 N–H and O–H groups in total. The van der Waals surface area contributed by atoms with Gasteiger partial charge >= 0.3 is 12.0 Å². The van der Waals surface area contributed by atoms with Gasteiger partial charge in [-0.1, -0.05) is 6.08 Å². The number of hydrogen-bond acceptors (Lipinski definition) is 3. The van der Waals surface area contributed by atoms with Gasteiger partial charge in [0.15, 0.2) is 0 Å². The van der Waals surface area contributed by atoms with E-state index in [-0.39, 0.29) is 12.6 Å². The highest BCUT2D eigenvalue weighted by Gasteiger charge is 2.25. The highest BCUT2D eigenvalue weighted by molar-refractivity contribution is 5.87. The molecule has 0 bridgehead atoms. The van der Waals surface area contributed by atoms with Gasteiger partial charge in [0, 0.05) is 12.6 Å². The minimum Gasteiger partial charge on any atom is -0.480 e. The Morgan fingerprint density at radius 1 is 1.44 bits per heavy atom. The monoisotopic (exact) mass is 257 g/mol. The third-order valence-corrected chi connectivity index (χ3v) is 2.21. The van der Waals surface area contributed by atoms with Crippen molar-refractivity contribution in [1.82, 2.24) is 10.2 Å². The van der Waals surface area contributed by atoms with Crippen molar-refractivity contribution in [1.29, 1.82) is 0 Å². The molecule has 0 rings (SSSR count). The number of nitrogens with two attached hydrogens (primary N) is 1. The number of carboxylic acids is 1. The van der Waals surface area contributed by atoms with E-state index in [1.54, 1.807) is 13.8 Å². The highest BCUT2D eigenvalue weighted by Crippen LogP contribution is 2.01. The minimum absolute atomic E-state index is 0.119. The van der Waals surface area contributed by atoms with Crippen molar-refractivity contribution in [2.24, 2.45) is 5.73 Å². The molecule has 0 spiro atoms. The van der Waals surface area contributed by atoms with Gasteiger partial charge in [-0.15, -0.1) is 6.58 Å². The third kappa shape index (κ3) is 5.33. The smallest absolute Gasteiger partial charge is 0.326 e. The average molecular weight is 257 g/mol. The predicted octanol–water partition coefficient (Wildman–Crippen LogP) is -0.0790. The fourth-order valence-electron chi connectivity index (χ4n) is 1.30. The zero-order chi connectivity index (χ0) is 14.3. The Hall–Kier alpha value is -2.05. The van der Waals surface area contributed by atoms with Crippen LogP contribution in [0.1, 0.15) is 20.3 Å². The van der Waals surface area contributed by atoms with Crippen LogP contribution in [-0.2, 0) is 9.59 Å². The van der Waals surface area contributed by atoms with Gasteiger partial charge in [0.2, 0.25) is 5.91 Å². The van der Waals surface area contributed by atoms with E-state index in [4.69, 9.17) is 10.8 Å². The SMILES string of the molecule is C=CCN(C(=O)NC(CC(N)=O)C(=O)O)C(C)C. The quantitative estimate of drug-likeness (QED) is 0.553. The first-order valence-electron chi connectivity index (χ1n) is 5.48. The third-order valence-electron chi connectivity index (χ3n) is 2.21. The maximum absolute atomic E-state index is 11.8. The first-order valence-corrected chi connectivity index (χ1v) is 5.48. The lowest BCUT2D eigenvalue weighted by Gasteiger charge is -2.27. The Morgan fingerprint density at radius 2 is 2.00 bits per heavy atom. The van der Waals surface area contributed by atoms with Crippen LogP contribution in [0.4, 0.5) is 4.79 Å². The number of primary amides is 1. The lowest BCUT2D eigenvalue weighted by molar-refractivity contribution is -0.141. The molecule has 0 aromatic rings. The summed E-state index contributed by atoms with van der Waals surface area (Å²) in [7, 11) is 0. The van der Waals surface area contributed by atoms with Crippen molar-refractivity contribution in [2.75, 3.05) is 6.54 Å². The molecule has 0 aliphatic rings. The largest absolute Gasteiger partial charge is 0.480 e. The van der Waals surface area contributed by atoms with Crippen LogP contribution in [0, 0.1) is 0 Å². The molecule has 102 valence electrons. The topological polar surface area (TPSA) is 113 Å². The Morgan fingerprint density at radius 3 is 2.33 bits per heavy atom. The maximum atomic E-state index is 11.8. The van der Waals surface area contributed by atoms with Crippen molar-refractivity contribution in [3.8, 4) is 0 Å². The van der Waals surface area contributed by atoms with E-state index in [0.717, 1.165) is 0 Å². The summed E-state index contributed by atoms with van der Waals surface area (Å²) in [6.07, 6.45) is 1.09.